The highest BCUT2D eigenvalue weighted by atomic mass is 19.3. The fourth-order valence-corrected chi connectivity index (χ4v) is 10.3. The molecule has 324 valence electrons. The number of imide groups is 2. The van der Waals surface area contributed by atoms with Gasteiger partial charge in [-0.25, -0.2) is 18.3 Å². The molecule has 4 aromatic rings. The first-order valence-corrected chi connectivity index (χ1v) is 21.5. The van der Waals surface area contributed by atoms with Crippen LogP contribution in [-0.2, 0) is 25.5 Å². The van der Waals surface area contributed by atoms with Gasteiger partial charge in [-0.2, -0.15) is 10.2 Å². The van der Waals surface area contributed by atoms with Gasteiger partial charge in [0, 0.05) is 44.4 Å². The van der Waals surface area contributed by atoms with Crippen molar-refractivity contribution in [2.24, 2.45) is 11.8 Å². The van der Waals surface area contributed by atoms with Crippen molar-refractivity contribution in [1.82, 2.24) is 39.5 Å². The summed E-state index contributed by atoms with van der Waals surface area (Å²) in [5, 5.41) is 13.3. The molecule has 2 N–H and O–H groups in total. The minimum absolute atomic E-state index is 0.0565. The number of hydrogen-bond donors (Lipinski definition) is 2. The molecule has 8 heterocycles. The first kappa shape index (κ1) is 40.0. The number of anilines is 2. The molecule has 0 spiro atoms. The maximum atomic E-state index is 14.3. The molecule has 5 aliphatic heterocycles. The Bertz CT molecular complexity index is 2490. The smallest absolute Gasteiger partial charge is 0.284 e. The number of aryl methyl sites for hydroxylation is 1. The van der Waals surface area contributed by atoms with Crippen molar-refractivity contribution in [1.29, 1.82) is 0 Å². The molecule has 3 atom stereocenters. The number of carbonyl (C=O) groups is 6. The van der Waals surface area contributed by atoms with Gasteiger partial charge < -0.3 is 19.9 Å². The van der Waals surface area contributed by atoms with Crippen LogP contribution in [0.4, 0.5) is 20.3 Å². The van der Waals surface area contributed by atoms with Crippen LogP contribution in [0.5, 0.6) is 0 Å². The number of fused-ring (bicyclic) bond motifs is 4. The van der Waals surface area contributed by atoms with Gasteiger partial charge in [-0.15, -0.1) is 0 Å². The lowest BCUT2D eigenvalue weighted by Gasteiger charge is -2.36. The molecule has 2 bridgehead atoms. The number of ether oxygens (including phenoxy) is 1. The molecular weight excluding hydrogens is 807 g/mol. The molecule has 5 fully saturated rings. The first-order valence-electron chi connectivity index (χ1n) is 21.5. The van der Waals surface area contributed by atoms with Gasteiger partial charge in [-0.3, -0.25) is 43.7 Å². The van der Waals surface area contributed by atoms with Crippen molar-refractivity contribution < 1.29 is 42.3 Å². The average molecular weight is 853 g/mol. The number of amides is 6. The topological polar surface area (TPSA) is 193 Å². The first-order chi connectivity index (χ1) is 30.0. The molecule has 1 aromatic carbocycles. The Morgan fingerprint density at radius 1 is 0.968 bits per heavy atom. The predicted octanol–water partition coefficient (Wildman–Crippen LogP) is 4.10. The van der Waals surface area contributed by atoms with Gasteiger partial charge in [0.25, 0.3) is 24.1 Å². The normalized spacial score (nSPS) is 25.3. The van der Waals surface area contributed by atoms with Crippen molar-refractivity contribution >= 4 is 52.6 Å². The summed E-state index contributed by atoms with van der Waals surface area (Å²) in [6, 6.07) is 6.01. The molecule has 3 aromatic heterocycles. The van der Waals surface area contributed by atoms with Crippen LogP contribution < -0.4 is 15.5 Å². The Balaban J connectivity index is 0.720. The van der Waals surface area contributed by atoms with Gasteiger partial charge >= 0.3 is 0 Å². The maximum Gasteiger partial charge on any atom is 0.284 e. The fourth-order valence-electron chi connectivity index (χ4n) is 10.3. The summed E-state index contributed by atoms with van der Waals surface area (Å²) < 4.78 is 37.3. The summed E-state index contributed by atoms with van der Waals surface area (Å²) in [6.07, 6.45) is 8.08. The Hall–Kier alpha value is -6.11. The van der Waals surface area contributed by atoms with Crippen molar-refractivity contribution in [2.75, 3.05) is 36.5 Å². The van der Waals surface area contributed by atoms with Crippen LogP contribution in [0.3, 0.4) is 0 Å². The monoisotopic (exact) mass is 852 g/mol. The van der Waals surface area contributed by atoms with E-state index in [4.69, 9.17) is 9.72 Å². The third kappa shape index (κ3) is 7.18. The summed E-state index contributed by atoms with van der Waals surface area (Å²) in [5.74, 6) is -1.80. The maximum absolute atomic E-state index is 14.3. The molecular formula is C43H46F2N10O7. The summed E-state index contributed by atoms with van der Waals surface area (Å²) in [6.45, 7) is 2.55. The van der Waals surface area contributed by atoms with Crippen molar-refractivity contribution in [3.63, 3.8) is 0 Å². The van der Waals surface area contributed by atoms with E-state index >= 15 is 0 Å². The lowest BCUT2D eigenvalue weighted by molar-refractivity contribution is -0.138. The van der Waals surface area contributed by atoms with E-state index in [2.05, 4.69) is 25.7 Å². The van der Waals surface area contributed by atoms with E-state index in [1.54, 1.807) is 18.3 Å². The molecule has 17 nitrogen and oxygen atoms in total. The predicted molar refractivity (Wildman–Crippen MR) is 215 cm³/mol. The Morgan fingerprint density at radius 2 is 1.77 bits per heavy atom. The van der Waals surface area contributed by atoms with Crippen LogP contribution in [0, 0.1) is 11.8 Å². The van der Waals surface area contributed by atoms with Crippen molar-refractivity contribution in [3.8, 4) is 0 Å². The van der Waals surface area contributed by atoms with E-state index in [0.29, 0.717) is 81.3 Å². The Kier molecular flexibility index (Phi) is 10.3. The second-order valence-electron chi connectivity index (χ2n) is 17.4. The molecule has 62 heavy (non-hydrogen) atoms. The van der Waals surface area contributed by atoms with E-state index in [1.165, 1.54) is 21.6 Å². The highest BCUT2D eigenvalue weighted by Crippen LogP contribution is 2.38. The molecule has 6 amide bonds. The van der Waals surface area contributed by atoms with Gasteiger partial charge in [0.15, 0.2) is 11.3 Å². The molecule has 19 heteroatoms. The van der Waals surface area contributed by atoms with E-state index in [0.717, 1.165) is 36.1 Å². The van der Waals surface area contributed by atoms with Crippen LogP contribution in [-0.4, -0.2) is 114 Å². The minimum atomic E-state index is -2.93. The van der Waals surface area contributed by atoms with Gasteiger partial charge in [0.1, 0.15) is 17.4 Å². The molecule has 2 unspecified atom stereocenters. The summed E-state index contributed by atoms with van der Waals surface area (Å²) in [4.78, 5) is 88.0. The molecule has 1 aliphatic carbocycles. The average Bonchev–Trinajstić information content (AvgIpc) is 4.13. The second-order valence-corrected chi connectivity index (χ2v) is 17.4. The molecule has 1 saturated carbocycles. The number of benzene rings is 1. The number of likely N-dealkylation sites (tertiary alicyclic amines) is 1. The summed E-state index contributed by atoms with van der Waals surface area (Å²) in [7, 11) is 0. The zero-order valence-electron chi connectivity index (χ0n) is 33.9. The van der Waals surface area contributed by atoms with Crippen molar-refractivity contribution in [3.05, 3.63) is 70.8 Å². The van der Waals surface area contributed by atoms with E-state index in [1.807, 2.05) is 17.0 Å². The number of rotatable bonds is 10. The number of piperidine rings is 2. The standard InChI is InChI=1S/C43H46F2N10O7/c44-37(45)36-31(47-39(57)30-19-46-53-17-14-33(48-38(30)53)52-20-28-18-27(52)22-62-28)21-54(50-36)26-8-6-25(7-9-26)41(59)51-15-12-23(13-16-51)4-5-24-2-1-3-29-35(24)43(61)55(42(29)60)32-10-11-34(56)49-40(32)58/h1-3,14,17,19,21,23,25-28,32,37H,4-13,15-16,18,20,22H2,(H,47,57)(H,49,56,58)/t25?,26?,27?,28-,32?/m1/s1. The summed E-state index contributed by atoms with van der Waals surface area (Å²) in [5.41, 5.74) is 1.20. The lowest BCUT2D eigenvalue weighted by Crippen LogP contribution is -2.54. The van der Waals surface area contributed by atoms with Crippen molar-refractivity contribution in [2.45, 2.75) is 101 Å². The van der Waals surface area contributed by atoms with Crippen LogP contribution in [0.25, 0.3) is 5.65 Å². The number of morpholine rings is 1. The Labute approximate surface area is 354 Å². The zero-order valence-corrected chi connectivity index (χ0v) is 33.9. The number of hydrogen-bond acceptors (Lipinski definition) is 11. The fraction of sp³-hybridized carbons (Fsp3) is 0.512. The number of aromatic nitrogens is 5. The second kappa shape index (κ2) is 16.0. The molecule has 10 rings (SSSR count). The Morgan fingerprint density at radius 3 is 2.50 bits per heavy atom. The van der Waals surface area contributed by atoms with E-state index in [9.17, 15) is 37.5 Å². The summed E-state index contributed by atoms with van der Waals surface area (Å²) >= 11 is 0. The number of nitrogens with zero attached hydrogens (tertiary/aromatic N) is 8. The van der Waals surface area contributed by atoms with Crippen LogP contribution >= 0.6 is 0 Å². The molecule has 0 radical (unpaired) electrons. The van der Waals surface area contributed by atoms with E-state index < -0.39 is 47.7 Å². The molecule has 4 saturated heterocycles. The number of halogens is 2. The molecule has 6 aliphatic rings. The largest absolute Gasteiger partial charge is 0.374 e. The zero-order chi connectivity index (χ0) is 42.8. The lowest BCUT2D eigenvalue weighted by atomic mass is 9.84. The quantitative estimate of drug-likeness (QED) is 0.218. The third-order valence-corrected chi connectivity index (χ3v) is 13.7. The number of carbonyl (C=O) groups excluding carboxylic acids is 6. The van der Waals surface area contributed by atoms with Crippen LogP contribution in [0.1, 0.15) is 119 Å². The SMILES string of the molecule is O=C1CCC(N2C(=O)c3cccc(CCC4CCN(C(=O)C5CCC(n6cc(NC(=O)c7cnn8ccc(N9C[C@H]%10CC9CO%10)nc78)c(C(F)F)n6)CC5)CC4)c3C2=O)C(=O)N1. The number of nitrogens with one attached hydrogen (secondary N) is 2. The van der Waals surface area contributed by atoms with Gasteiger partial charge in [-0.1, -0.05) is 12.1 Å². The van der Waals surface area contributed by atoms with Crippen LogP contribution in [0.15, 0.2) is 42.9 Å². The van der Waals surface area contributed by atoms with Crippen LogP contribution in [0.2, 0.25) is 0 Å². The highest BCUT2D eigenvalue weighted by Gasteiger charge is 2.46. The third-order valence-electron chi connectivity index (χ3n) is 13.7. The van der Waals surface area contributed by atoms with Gasteiger partial charge in [0.2, 0.25) is 17.7 Å². The minimum Gasteiger partial charge on any atom is -0.374 e. The van der Waals surface area contributed by atoms with E-state index in [-0.39, 0.29) is 59.7 Å². The highest BCUT2D eigenvalue weighted by molar-refractivity contribution is 6.24. The van der Waals surface area contributed by atoms with Gasteiger partial charge in [0.05, 0.1) is 47.8 Å². The van der Waals surface area contributed by atoms with Gasteiger partial charge in [-0.05, 0) is 87.8 Å². The number of alkyl halides is 2.